The number of carboxylic acids is 1. The largest absolute Gasteiger partial charge is 0.481 e. The van der Waals surface area contributed by atoms with E-state index < -0.39 is 18.2 Å². The van der Waals surface area contributed by atoms with E-state index in [2.05, 4.69) is 15.3 Å². The van der Waals surface area contributed by atoms with Gasteiger partial charge in [-0.2, -0.15) is 13.2 Å². The minimum Gasteiger partial charge on any atom is -0.481 e. The van der Waals surface area contributed by atoms with Crippen molar-refractivity contribution in [2.45, 2.75) is 51.5 Å². The lowest BCUT2D eigenvalue weighted by Gasteiger charge is -2.25. The zero-order valence-electron chi connectivity index (χ0n) is 17.6. The lowest BCUT2D eigenvalue weighted by molar-refractivity contribution is -0.222. The van der Waals surface area contributed by atoms with Crippen LogP contribution in [0.25, 0.3) is 0 Å². The number of carbonyl (C=O) groups is 1. The Hall–Kier alpha value is -2.72. The molecule has 0 spiro atoms. The average Bonchev–Trinajstić information content (AvgIpc) is 2.71. The van der Waals surface area contributed by atoms with E-state index in [9.17, 15) is 18.0 Å². The van der Waals surface area contributed by atoms with Gasteiger partial charge in [0.15, 0.2) is 11.9 Å². The van der Waals surface area contributed by atoms with Gasteiger partial charge in [-0.25, -0.2) is 9.97 Å². The van der Waals surface area contributed by atoms with Gasteiger partial charge >= 0.3 is 12.1 Å². The molecule has 0 saturated heterocycles. The van der Waals surface area contributed by atoms with E-state index in [0.29, 0.717) is 23.5 Å². The van der Waals surface area contributed by atoms with Gasteiger partial charge in [-0.15, -0.1) is 0 Å². The number of hydrogen-bond donors (Lipinski definition) is 2. The van der Waals surface area contributed by atoms with E-state index in [4.69, 9.17) is 14.6 Å². The maximum Gasteiger partial charge on any atom is 0.418 e. The third-order valence-corrected chi connectivity index (χ3v) is 4.63. The van der Waals surface area contributed by atoms with E-state index in [1.807, 2.05) is 6.92 Å². The van der Waals surface area contributed by atoms with Crippen LogP contribution in [0.3, 0.4) is 0 Å². The van der Waals surface area contributed by atoms with Crippen LogP contribution in [-0.2, 0) is 20.9 Å². The molecule has 0 aliphatic carbocycles. The molecule has 0 aliphatic heterocycles. The van der Waals surface area contributed by atoms with Crippen molar-refractivity contribution in [3.05, 3.63) is 47.5 Å². The van der Waals surface area contributed by atoms with E-state index in [1.54, 1.807) is 0 Å². The molecule has 1 aromatic heterocycles. The van der Waals surface area contributed by atoms with Crippen molar-refractivity contribution in [1.82, 2.24) is 9.97 Å². The number of methoxy groups -OCH3 is 1. The normalized spacial score (nSPS) is 13.6. The minimum absolute atomic E-state index is 0.107. The van der Waals surface area contributed by atoms with Crippen LogP contribution in [0.5, 0.6) is 0 Å². The predicted octanol–water partition coefficient (Wildman–Crippen LogP) is 4.97. The Morgan fingerprint density at radius 1 is 1.23 bits per heavy atom. The second-order valence-electron chi connectivity index (χ2n) is 6.87. The molecule has 0 bridgehead atoms. The second kappa shape index (κ2) is 11.1. The zero-order chi connectivity index (χ0) is 23.0. The molecule has 2 rings (SSSR count). The first-order valence-corrected chi connectivity index (χ1v) is 9.80. The Bertz CT molecular complexity index is 860. The highest BCUT2D eigenvalue weighted by Gasteiger charge is 2.43. The molecule has 31 heavy (non-hydrogen) atoms. The monoisotopic (exact) mass is 441 g/mol. The van der Waals surface area contributed by atoms with Crippen molar-refractivity contribution in [3.63, 3.8) is 0 Å². The Kier molecular flexibility index (Phi) is 8.76. The molecule has 0 aliphatic rings. The van der Waals surface area contributed by atoms with Gasteiger partial charge in [-0.3, -0.25) is 4.79 Å². The summed E-state index contributed by atoms with van der Waals surface area (Å²) in [6.45, 7) is 3.39. The lowest BCUT2D eigenvalue weighted by atomic mass is 9.91. The van der Waals surface area contributed by atoms with E-state index in [0.717, 1.165) is 0 Å². The van der Waals surface area contributed by atoms with Crippen molar-refractivity contribution in [1.29, 1.82) is 0 Å². The highest BCUT2D eigenvalue weighted by Crippen LogP contribution is 2.41. The number of ether oxygens (including phenoxy) is 2. The Morgan fingerprint density at radius 2 is 1.90 bits per heavy atom. The number of hydrogen-bond acceptors (Lipinski definition) is 6. The van der Waals surface area contributed by atoms with Crippen molar-refractivity contribution in [2.75, 3.05) is 19.0 Å². The zero-order valence-corrected chi connectivity index (χ0v) is 17.6. The first kappa shape index (κ1) is 24.5. The number of anilines is 2. The topological polar surface area (TPSA) is 93.6 Å². The number of aromatic nitrogens is 2. The van der Waals surface area contributed by atoms with Crippen LogP contribution in [0.2, 0.25) is 0 Å². The first-order chi connectivity index (χ1) is 14.7. The smallest absolute Gasteiger partial charge is 0.418 e. The molecule has 170 valence electrons. The van der Waals surface area contributed by atoms with Gasteiger partial charge in [0, 0.05) is 25.0 Å². The number of nitrogens with zero attached hydrogens (tertiary/aromatic N) is 2. The lowest BCUT2D eigenvalue weighted by Crippen LogP contribution is -2.24. The number of halogens is 3. The van der Waals surface area contributed by atoms with Gasteiger partial charge in [0.2, 0.25) is 0 Å². The fourth-order valence-electron chi connectivity index (χ4n) is 3.18. The fourth-order valence-corrected chi connectivity index (χ4v) is 3.18. The molecular formula is C21H26F3N3O4. The minimum atomic E-state index is -4.63. The van der Waals surface area contributed by atoms with Crippen LogP contribution in [0, 0.1) is 0 Å². The summed E-state index contributed by atoms with van der Waals surface area (Å²) in [4.78, 5) is 19.4. The SMILES string of the molecule is CCO[C@H](c1ccc([C@H](CC)CC(=O)O)cc1Nc1cnc(COC)nc1)C(F)(F)F. The Morgan fingerprint density at radius 3 is 2.42 bits per heavy atom. The van der Waals surface area contributed by atoms with Gasteiger partial charge in [-0.1, -0.05) is 19.1 Å². The molecule has 0 saturated carbocycles. The average molecular weight is 441 g/mol. The molecule has 1 aromatic carbocycles. The molecule has 10 heteroatoms. The first-order valence-electron chi connectivity index (χ1n) is 9.80. The molecule has 0 radical (unpaired) electrons. The molecule has 2 N–H and O–H groups in total. The Balaban J connectivity index is 2.49. The molecule has 0 fully saturated rings. The fraction of sp³-hybridized carbons (Fsp3) is 0.476. The predicted molar refractivity (Wildman–Crippen MR) is 108 cm³/mol. The number of carboxylic acid groups (broad SMARTS) is 1. The van der Waals surface area contributed by atoms with Crippen LogP contribution in [-0.4, -0.2) is 40.9 Å². The van der Waals surface area contributed by atoms with Gasteiger partial charge in [0.25, 0.3) is 0 Å². The van der Waals surface area contributed by atoms with Crippen molar-refractivity contribution in [2.24, 2.45) is 0 Å². The number of nitrogens with one attached hydrogen (secondary N) is 1. The molecular weight excluding hydrogens is 415 g/mol. The van der Waals surface area contributed by atoms with Crippen molar-refractivity contribution in [3.8, 4) is 0 Å². The highest BCUT2D eigenvalue weighted by atomic mass is 19.4. The molecule has 2 atom stereocenters. The quantitative estimate of drug-likeness (QED) is 0.508. The van der Waals surface area contributed by atoms with Crippen molar-refractivity contribution < 1.29 is 32.5 Å². The maximum absolute atomic E-state index is 13.7. The number of benzene rings is 1. The number of alkyl halides is 3. The number of aliphatic carboxylic acids is 1. The number of rotatable bonds is 11. The summed E-state index contributed by atoms with van der Waals surface area (Å²) in [7, 11) is 1.50. The maximum atomic E-state index is 13.7. The molecule has 2 aromatic rings. The van der Waals surface area contributed by atoms with Gasteiger partial charge in [-0.05, 0) is 30.9 Å². The molecule has 7 nitrogen and oxygen atoms in total. The third-order valence-electron chi connectivity index (χ3n) is 4.63. The highest BCUT2D eigenvalue weighted by molar-refractivity contribution is 5.69. The van der Waals surface area contributed by atoms with Crippen LogP contribution in [0.4, 0.5) is 24.5 Å². The van der Waals surface area contributed by atoms with E-state index >= 15 is 0 Å². The summed E-state index contributed by atoms with van der Waals surface area (Å²) in [5.41, 5.74) is 1.04. The van der Waals surface area contributed by atoms with Crippen LogP contribution in [0.1, 0.15) is 55.7 Å². The molecule has 1 heterocycles. The summed E-state index contributed by atoms with van der Waals surface area (Å²) < 4.78 is 51.0. The van der Waals surface area contributed by atoms with E-state index in [1.165, 1.54) is 44.6 Å². The van der Waals surface area contributed by atoms with Gasteiger partial charge in [0.05, 0.1) is 24.5 Å². The van der Waals surface area contributed by atoms with Gasteiger partial charge in [0.1, 0.15) is 6.61 Å². The second-order valence-corrected chi connectivity index (χ2v) is 6.87. The van der Waals surface area contributed by atoms with Crippen molar-refractivity contribution >= 4 is 17.3 Å². The Labute approximate surface area is 178 Å². The molecule has 0 amide bonds. The summed E-state index contributed by atoms with van der Waals surface area (Å²) in [6, 6.07) is 4.39. The summed E-state index contributed by atoms with van der Waals surface area (Å²) in [5, 5.41) is 12.1. The van der Waals surface area contributed by atoms with Crippen LogP contribution in [0.15, 0.2) is 30.6 Å². The third kappa shape index (κ3) is 6.90. The summed E-state index contributed by atoms with van der Waals surface area (Å²) in [6.07, 6.45) is -3.49. The van der Waals surface area contributed by atoms with Crippen LogP contribution >= 0.6 is 0 Å². The standard InChI is InChI=1S/C21H26F3N3O4/c1-4-13(9-19(28)29)14-6-7-16(20(31-5-2)21(22,23)24)17(8-14)27-15-10-25-18(12-30-3)26-11-15/h6-8,10-11,13,20,27H,4-5,9,12H2,1-3H3,(H,28,29)/t13-,20-/m1/s1. The van der Waals surface area contributed by atoms with Crippen LogP contribution < -0.4 is 5.32 Å². The summed E-state index contributed by atoms with van der Waals surface area (Å²) >= 11 is 0. The molecule has 0 unspecified atom stereocenters. The van der Waals surface area contributed by atoms with Gasteiger partial charge < -0.3 is 19.9 Å². The van der Waals surface area contributed by atoms with E-state index in [-0.39, 0.29) is 36.8 Å². The summed E-state index contributed by atoms with van der Waals surface area (Å²) in [5.74, 6) is -0.893.